The minimum atomic E-state index is -0.0731. The van der Waals surface area contributed by atoms with Crippen LogP contribution in [0.1, 0.15) is 38.7 Å². The zero-order valence-electron chi connectivity index (χ0n) is 22.4. The molecule has 206 valence electrons. The lowest BCUT2D eigenvalue weighted by molar-refractivity contribution is 0.0515. The number of ether oxygens (including phenoxy) is 2. The number of aromatic nitrogens is 2. The highest BCUT2D eigenvalue weighted by Crippen LogP contribution is 2.35. The minimum absolute atomic E-state index is 0.0731. The molecular formula is C28H39ClN6O2S. The van der Waals surface area contributed by atoms with Gasteiger partial charge in [0.1, 0.15) is 11.6 Å². The number of halogens is 1. The number of morpholine rings is 1. The van der Waals surface area contributed by atoms with E-state index in [9.17, 15) is 0 Å². The quantitative estimate of drug-likeness (QED) is 0.499. The van der Waals surface area contributed by atoms with Crippen LogP contribution in [0.25, 0.3) is 0 Å². The molecule has 3 aliphatic rings. The first-order chi connectivity index (χ1) is 18.4. The van der Waals surface area contributed by atoms with Crippen LogP contribution in [0.15, 0.2) is 30.3 Å². The molecule has 0 saturated carbocycles. The number of rotatable bonds is 6. The predicted octanol–water partition coefficient (Wildman–Crippen LogP) is 4.48. The van der Waals surface area contributed by atoms with E-state index in [0.29, 0.717) is 42.7 Å². The Morgan fingerprint density at radius 3 is 2.24 bits per heavy atom. The lowest BCUT2D eigenvalue weighted by Crippen LogP contribution is -2.45. The summed E-state index contributed by atoms with van der Waals surface area (Å²) >= 11 is 11.9. The van der Waals surface area contributed by atoms with Gasteiger partial charge in [0, 0.05) is 62.4 Å². The second kappa shape index (κ2) is 12.3. The summed E-state index contributed by atoms with van der Waals surface area (Å²) in [6.45, 7) is 11.8. The summed E-state index contributed by atoms with van der Waals surface area (Å²) in [5, 5.41) is 8.04. The number of anilines is 3. The Kier molecular flexibility index (Phi) is 8.88. The highest BCUT2D eigenvalue weighted by Gasteiger charge is 2.34. The van der Waals surface area contributed by atoms with Crippen molar-refractivity contribution in [2.75, 3.05) is 74.3 Å². The van der Waals surface area contributed by atoms with Gasteiger partial charge in [0.15, 0.2) is 5.11 Å². The predicted molar refractivity (Wildman–Crippen MR) is 158 cm³/mol. The summed E-state index contributed by atoms with van der Waals surface area (Å²) in [5.41, 5.74) is 1.18. The number of nitrogens with zero attached hydrogens (tertiary/aromatic N) is 4. The van der Waals surface area contributed by atoms with Gasteiger partial charge in [-0.1, -0.05) is 37.6 Å². The van der Waals surface area contributed by atoms with Crippen LogP contribution < -0.4 is 20.4 Å². The summed E-state index contributed by atoms with van der Waals surface area (Å²) in [7, 11) is 0. The summed E-state index contributed by atoms with van der Waals surface area (Å²) in [6, 6.07) is 10.3. The largest absolute Gasteiger partial charge is 0.381 e. The van der Waals surface area contributed by atoms with Crippen LogP contribution in [-0.2, 0) is 14.9 Å². The summed E-state index contributed by atoms with van der Waals surface area (Å²) in [4.78, 5) is 14.5. The Labute approximate surface area is 236 Å². The Morgan fingerprint density at radius 2 is 1.58 bits per heavy atom. The molecule has 2 unspecified atom stereocenters. The molecule has 0 radical (unpaired) electrons. The number of thiocarbonyl (C=S) groups is 1. The number of nitrogens with one attached hydrogen (secondary N) is 2. The van der Waals surface area contributed by atoms with Crippen LogP contribution in [0.4, 0.5) is 17.6 Å². The van der Waals surface area contributed by atoms with Gasteiger partial charge in [-0.05, 0) is 61.0 Å². The van der Waals surface area contributed by atoms with Crippen molar-refractivity contribution in [2.45, 2.75) is 38.5 Å². The first kappa shape index (κ1) is 27.4. The SMILES string of the molecule is CC1CC(C)CN(c2cc(N3CCOCC3)nc(NC(=S)NCC3(c4ccc(Cl)cc4)CCOCC3)n2)C1. The van der Waals surface area contributed by atoms with Crippen LogP contribution in [0.3, 0.4) is 0 Å². The first-order valence-electron chi connectivity index (χ1n) is 13.8. The van der Waals surface area contributed by atoms with Crippen LogP contribution in [-0.4, -0.2) is 74.2 Å². The van der Waals surface area contributed by atoms with Gasteiger partial charge in [-0.25, -0.2) is 0 Å². The fourth-order valence-corrected chi connectivity index (χ4v) is 6.26. The normalized spacial score (nSPS) is 23.7. The number of hydrogen-bond acceptors (Lipinski definition) is 7. The zero-order chi connectivity index (χ0) is 26.5. The third kappa shape index (κ3) is 6.68. The maximum absolute atomic E-state index is 6.17. The van der Waals surface area contributed by atoms with E-state index in [4.69, 9.17) is 43.3 Å². The lowest BCUT2D eigenvalue weighted by Gasteiger charge is -2.38. The summed E-state index contributed by atoms with van der Waals surface area (Å²) in [6.07, 6.45) is 3.09. The van der Waals surface area contributed by atoms with Crippen LogP contribution in [0.2, 0.25) is 5.02 Å². The van der Waals surface area contributed by atoms with Crippen molar-refractivity contribution >= 4 is 46.5 Å². The van der Waals surface area contributed by atoms with E-state index in [1.165, 1.54) is 12.0 Å². The maximum atomic E-state index is 6.17. The Hall–Kier alpha value is -2.20. The summed E-state index contributed by atoms with van der Waals surface area (Å²) < 4.78 is 11.3. The van der Waals surface area contributed by atoms with E-state index in [1.54, 1.807) is 0 Å². The second-order valence-electron chi connectivity index (χ2n) is 11.1. The summed E-state index contributed by atoms with van der Waals surface area (Å²) in [5.74, 6) is 3.65. The fourth-order valence-electron chi connectivity index (χ4n) is 5.97. The molecule has 0 amide bonds. The standard InChI is InChI=1S/C28H39ClN6O2S/c1-20-15-21(2)18-35(17-20)25-16-24(34-9-13-37-14-10-34)31-26(32-25)33-27(38)30-19-28(7-11-36-12-8-28)22-3-5-23(29)6-4-22/h3-6,16,20-21H,7-15,17-19H2,1-2H3,(H2,30,31,32,33,38). The number of benzene rings is 1. The molecule has 0 aliphatic carbocycles. The molecule has 0 spiro atoms. The average molecular weight is 559 g/mol. The van der Waals surface area contributed by atoms with Gasteiger partial charge >= 0.3 is 0 Å². The lowest BCUT2D eigenvalue weighted by atomic mass is 9.74. The molecule has 3 fully saturated rings. The maximum Gasteiger partial charge on any atom is 0.232 e. The minimum Gasteiger partial charge on any atom is -0.381 e. The molecule has 5 rings (SSSR count). The van der Waals surface area contributed by atoms with E-state index in [2.05, 4.69) is 52.5 Å². The van der Waals surface area contributed by atoms with Crippen LogP contribution >= 0.6 is 23.8 Å². The third-order valence-electron chi connectivity index (χ3n) is 7.95. The van der Waals surface area contributed by atoms with Crippen molar-refractivity contribution in [3.8, 4) is 0 Å². The van der Waals surface area contributed by atoms with Gasteiger partial charge in [0.05, 0.1) is 13.2 Å². The van der Waals surface area contributed by atoms with E-state index in [1.807, 2.05) is 12.1 Å². The Balaban J connectivity index is 1.33. The van der Waals surface area contributed by atoms with Gasteiger partial charge < -0.3 is 29.9 Å². The van der Waals surface area contributed by atoms with E-state index in [-0.39, 0.29) is 5.41 Å². The van der Waals surface area contributed by atoms with Crippen molar-refractivity contribution in [1.82, 2.24) is 15.3 Å². The zero-order valence-corrected chi connectivity index (χ0v) is 24.0. The molecule has 2 aromatic rings. The van der Waals surface area contributed by atoms with Crippen molar-refractivity contribution in [3.63, 3.8) is 0 Å². The molecule has 1 aromatic heterocycles. The van der Waals surface area contributed by atoms with E-state index >= 15 is 0 Å². The van der Waals surface area contributed by atoms with Gasteiger partial charge in [-0.3, -0.25) is 0 Å². The molecule has 3 saturated heterocycles. The van der Waals surface area contributed by atoms with Crippen molar-refractivity contribution in [1.29, 1.82) is 0 Å². The van der Waals surface area contributed by atoms with E-state index in [0.717, 1.165) is 68.9 Å². The molecular weight excluding hydrogens is 520 g/mol. The molecule has 10 heteroatoms. The highest BCUT2D eigenvalue weighted by atomic mass is 35.5. The van der Waals surface area contributed by atoms with Gasteiger partial charge in [-0.15, -0.1) is 0 Å². The monoisotopic (exact) mass is 558 g/mol. The molecule has 0 bridgehead atoms. The van der Waals surface area contributed by atoms with Gasteiger partial charge in [0.25, 0.3) is 0 Å². The van der Waals surface area contributed by atoms with E-state index < -0.39 is 0 Å². The number of hydrogen-bond donors (Lipinski definition) is 2. The molecule has 38 heavy (non-hydrogen) atoms. The highest BCUT2D eigenvalue weighted by molar-refractivity contribution is 7.80. The molecule has 1 aromatic carbocycles. The van der Waals surface area contributed by atoms with Crippen molar-refractivity contribution in [2.24, 2.45) is 11.8 Å². The Morgan fingerprint density at radius 1 is 0.974 bits per heavy atom. The first-order valence-corrected chi connectivity index (χ1v) is 14.5. The van der Waals surface area contributed by atoms with Gasteiger partial charge in [0.2, 0.25) is 5.95 Å². The smallest absolute Gasteiger partial charge is 0.232 e. The molecule has 4 heterocycles. The topological polar surface area (TPSA) is 74.8 Å². The van der Waals surface area contributed by atoms with Crippen LogP contribution in [0.5, 0.6) is 0 Å². The molecule has 3 aliphatic heterocycles. The Bertz CT molecular complexity index is 1080. The molecule has 2 atom stereocenters. The van der Waals surface area contributed by atoms with Crippen molar-refractivity contribution < 1.29 is 9.47 Å². The number of piperidine rings is 1. The molecule has 2 N–H and O–H groups in total. The van der Waals surface area contributed by atoms with Gasteiger partial charge in [-0.2, -0.15) is 9.97 Å². The third-order valence-corrected chi connectivity index (χ3v) is 8.44. The average Bonchev–Trinajstić information content (AvgIpc) is 2.92. The second-order valence-corrected chi connectivity index (χ2v) is 11.9. The van der Waals surface area contributed by atoms with Crippen molar-refractivity contribution in [3.05, 3.63) is 40.9 Å². The fraction of sp³-hybridized carbons (Fsp3) is 0.607. The van der Waals surface area contributed by atoms with Crippen LogP contribution in [0, 0.1) is 11.8 Å². The molecule has 8 nitrogen and oxygen atoms in total.